The lowest BCUT2D eigenvalue weighted by molar-refractivity contribution is -0.122. The number of nitrogens with two attached hydrogens (primary N) is 1. The van der Waals surface area contributed by atoms with E-state index in [4.69, 9.17) is 5.73 Å². The molecule has 2 rings (SSSR count). The van der Waals surface area contributed by atoms with Gasteiger partial charge in [0.1, 0.15) is 11.6 Å². The van der Waals surface area contributed by atoms with Gasteiger partial charge in [-0.15, -0.1) is 0 Å². The molecule has 1 aromatic carbocycles. The summed E-state index contributed by atoms with van der Waals surface area (Å²) in [6.07, 6.45) is 0.400. The molecule has 1 heterocycles. The third-order valence-electron chi connectivity index (χ3n) is 2.21. The van der Waals surface area contributed by atoms with Crippen molar-refractivity contribution in [2.75, 3.05) is 17.2 Å². The number of carbonyl (C=O) groups excluding carboxylic acids is 1. The van der Waals surface area contributed by atoms with Crippen molar-refractivity contribution in [1.29, 1.82) is 0 Å². The van der Waals surface area contributed by atoms with Gasteiger partial charge in [0.05, 0.1) is 11.4 Å². The van der Waals surface area contributed by atoms with E-state index in [1.165, 1.54) is 4.90 Å². The van der Waals surface area contributed by atoms with Crippen molar-refractivity contribution in [3.63, 3.8) is 0 Å². The molecule has 74 valence electrons. The lowest BCUT2D eigenvalue weighted by atomic mass is 10.1. The molecule has 0 radical (unpaired) electrons. The molecule has 1 fully saturated rings. The van der Waals surface area contributed by atoms with Crippen LogP contribution in [-0.2, 0) is 4.79 Å². The summed E-state index contributed by atoms with van der Waals surface area (Å²) in [5.41, 5.74) is 5.18. The summed E-state index contributed by atoms with van der Waals surface area (Å²) in [5, 5.41) is 0. The summed E-state index contributed by atoms with van der Waals surface area (Å²) in [6.45, 7) is 0.459. The maximum Gasteiger partial charge on any atom is 0.228 e. The van der Waals surface area contributed by atoms with E-state index in [2.05, 4.69) is 0 Å². The third kappa shape index (κ3) is 1.21. The monoisotopic (exact) mass is 198 g/mol. The Morgan fingerprint density at radius 3 is 2.50 bits per heavy atom. The molecule has 0 atom stereocenters. The first-order valence-corrected chi connectivity index (χ1v) is 4.14. The number of amides is 1. The Morgan fingerprint density at radius 1 is 1.29 bits per heavy atom. The van der Waals surface area contributed by atoms with E-state index in [1.54, 1.807) is 0 Å². The molecule has 1 aromatic rings. The number of nitrogen functional groups attached to an aromatic ring is 1. The number of nitrogens with zero attached hydrogens (tertiary/aromatic N) is 1. The first-order chi connectivity index (χ1) is 6.59. The van der Waals surface area contributed by atoms with Gasteiger partial charge in [0.2, 0.25) is 5.91 Å². The first kappa shape index (κ1) is 8.93. The number of β-lactam (4-membered cyclic amide) rings is 1. The molecule has 3 nitrogen and oxygen atoms in total. The fourth-order valence-corrected chi connectivity index (χ4v) is 1.33. The number of carbonyl (C=O) groups is 1. The lowest BCUT2D eigenvalue weighted by Gasteiger charge is -2.31. The molecule has 0 aliphatic carbocycles. The van der Waals surface area contributed by atoms with Crippen LogP contribution in [0.25, 0.3) is 0 Å². The van der Waals surface area contributed by atoms with Gasteiger partial charge in [0, 0.05) is 19.0 Å². The molecule has 2 N–H and O–H groups in total. The molecule has 1 saturated heterocycles. The van der Waals surface area contributed by atoms with E-state index in [9.17, 15) is 13.6 Å². The SMILES string of the molecule is Nc1cc(N2CCC2=O)c(F)cc1F. The Hall–Kier alpha value is -1.65. The predicted octanol–water partition coefficient (Wildman–Crippen LogP) is 1.28. The topological polar surface area (TPSA) is 46.3 Å². The average Bonchev–Trinajstić information content (AvgIpc) is 2.12. The van der Waals surface area contributed by atoms with Gasteiger partial charge >= 0.3 is 0 Å². The summed E-state index contributed by atoms with van der Waals surface area (Å²) in [7, 11) is 0. The second-order valence-corrected chi connectivity index (χ2v) is 3.12. The zero-order chi connectivity index (χ0) is 10.3. The van der Waals surface area contributed by atoms with Gasteiger partial charge in [-0.25, -0.2) is 8.78 Å². The summed E-state index contributed by atoms with van der Waals surface area (Å²) in [4.78, 5) is 12.2. The summed E-state index contributed by atoms with van der Waals surface area (Å²) in [5.74, 6) is -1.74. The highest BCUT2D eigenvalue weighted by atomic mass is 19.1. The maximum absolute atomic E-state index is 13.2. The van der Waals surface area contributed by atoms with Crippen LogP contribution in [0.5, 0.6) is 0 Å². The quantitative estimate of drug-likeness (QED) is 0.545. The van der Waals surface area contributed by atoms with Crippen molar-refractivity contribution < 1.29 is 13.6 Å². The van der Waals surface area contributed by atoms with Gasteiger partial charge in [0.25, 0.3) is 0 Å². The number of hydrogen-bond donors (Lipinski definition) is 1. The number of halogens is 2. The Morgan fingerprint density at radius 2 is 2.00 bits per heavy atom. The van der Waals surface area contributed by atoms with Crippen molar-refractivity contribution in [1.82, 2.24) is 0 Å². The van der Waals surface area contributed by atoms with Gasteiger partial charge in [-0.1, -0.05) is 0 Å². The number of rotatable bonds is 1. The molecule has 0 bridgehead atoms. The number of benzene rings is 1. The third-order valence-corrected chi connectivity index (χ3v) is 2.21. The van der Waals surface area contributed by atoms with Gasteiger partial charge in [-0.2, -0.15) is 0 Å². The molecular formula is C9H8F2N2O. The Kier molecular flexibility index (Phi) is 1.87. The molecule has 0 spiro atoms. The van der Waals surface area contributed by atoms with Crippen LogP contribution >= 0.6 is 0 Å². The van der Waals surface area contributed by atoms with Crippen LogP contribution in [0.4, 0.5) is 20.2 Å². The van der Waals surface area contributed by atoms with E-state index in [0.29, 0.717) is 19.0 Å². The molecule has 5 heteroatoms. The first-order valence-electron chi connectivity index (χ1n) is 4.14. The minimum Gasteiger partial charge on any atom is -0.396 e. The fourth-order valence-electron chi connectivity index (χ4n) is 1.33. The normalized spacial score (nSPS) is 15.6. The molecule has 1 amide bonds. The zero-order valence-electron chi connectivity index (χ0n) is 7.26. The summed E-state index contributed by atoms with van der Waals surface area (Å²) in [6, 6.07) is 1.83. The number of hydrogen-bond acceptors (Lipinski definition) is 2. The molecule has 0 aromatic heterocycles. The molecular weight excluding hydrogens is 190 g/mol. The Labute approximate surface area is 79.1 Å². The highest BCUT2D eigenvalue weighted by molar-refractivity contribution is 5.99. The Bertz CT molecular complexity index is 406. The van der Waals surface area contributed by atoms with Crippen LogP contribution in [0.2, 0.25) is 0 Å². The van der Waals surface area contributed by atoms with Gasteiger partial charge < -0.3 is 10.6 Å². The fraction of sp³-hybridized carbons (Fsp3) is 0.222. The Balaban J connectivity index is 2.43. The molecule has 0 unspecified atom stereocenters. The van der Waals surface area contributed by atoms with Crippen molar-refractivity contribution >= 4 is 17.3 Å². The van der Waals surface area contributed by atoms with Crippen molar-refractivity contribution in [2.45, 2.75) is 6.42 Å². The van der Waals surface area contributed by atoms with Crippen molar-refractivity contribution in [2.24, 2.45) is 0 Å². The van der Waals surface area contributed by atoms with Crippen molar-refractivity contribution in [3.8, 4) is 0 Å². The molecule has 1 aliphatic rings. The highest BCUT2D eigenvalue weighted by Gasteiger charge is 2.28. The van der Waals surface area contributed by atoms with Gasteiger partial charge in [-0.05, 0) is 6.07 Å². The van der Waals surface area contributed by atoms with Crippen LogP contribution in [0.15, 0.2) is 12.1 Å². The molecule has 14 heavy (non-hydrogen) atoms. The van der Waals surface area contributed by atoms with E-state index < -0.39 is 11.6 Å². The molecule has 0 saturated carbocycles. The maximum atomic E-state index is 13.2. The van der Waals surface area contributed by atoms with E-state index >= 15 is 0 Å². The van der Waals surface area contributed by atoms with Gasteiger partial charge in [0.15, 0.2) is 0 Å². The highest BCUT2D eigenvalue weighted by Crippen LogP contribution is 2.28. The molecule has 1 aliphatic heterocycles. The van der Waals surface area contributed by atoms with Crippen LogP contribution in [0.3, 0.4) is 0 Å². The van der Waals surface area contributed by atoms with Crippen LogP contribution in [0.1, 0.15) is 6.42 Å². The standard InChI is InChI=1S/C9H8F2N2O/c10-5-3-6(11)8(4-7(5)12)13-2-1-9(13)14/h3-4H,1-2,12H2. The smallest absolute Gasteiger partial charge is 0.228 e. The predicted molar refractivity (Wildman–Crippen MR) is 47.7 cm³/mol. The van der Waals surface area contributed by atoms with Crippen LogP contribution in [0, 0.1) is 11.6 Å². The second-order valence-electron chi connectivity index (χ2n) is 3.12. The van der Waals surface area contributed by atoms with Gasteiger partial charge in [-0.3, -0.25) is 4.79 Å². The van der Waals surface area contributed by atoms with E-state index in [0.717, 1.165) is 6.07 Å². The average molecular weight is 198 g/mol. The lowest BCUT2D eigenvalue weighted by Crippen LogP contribution is -2.44. The van der Waals surface area contributed by atoms with Crippen LogP contribution < -0.4 is 10.6 Å². The van der Waals surface area contributed by atoms with E-state index in [-0.39, 0.29) is 17.3 Å². The zero-order valence-corrected chi connectivity index (χ0v) is 7.26. The second kappa shape index (κ2) is 2.94. The minimum atomic E-state index is -0.806. The summed E-state index contributed by atoms with van der Waals surface area (Å²) < 4.78 is 26.0. The van der Waals surface area contributed by atoms with Crippen molar-refractivity contribution in [3.05, 3.63) is 23.8 Å². The summed E-state index contributed by atoms with van der Waals surface area (Å²) >= 11 is 0. The van der Waals surface area contributed by atoms with E-state index in [1.807, 2.05) is 0 Å². The largest absolute Gasteiger partial charge is 0.396 e. The van der Waals surface area contributed by atoms with Crippen LogP contribution in [-0.4, -0.2) is 12.5 Å². The minimum absolute atomic E-state index is 0.0557. The number of anilines is 2.